The molecular formula is C19H19ClN2O7S. The molecule has 9 nitrogen and oxygen atoms in total. The maximum Gasteiger partial charge on any atom is 0.404 e. The van der Waals surface area contributed by atoms with Crippen molar-refractivity contribution in [2.45, 2.75) is 4.90 Å². The fourth-order valence-electron chi connectivity index (χ4n) is 2.22. The first-order chi connectivity index (χ1) is 14.2. The van der Waals surface area contributed by atoms with Gasteiger partial charge in [-0.3, -0.25) is 4.79 Å². The number of benzene rings is 2. The molecule has 2 aromatic carbocycles. The van der Waals surface area contributed by atoms with Crippen molar-refractivity contribution in [3.8, 4) is 5.75 Å². The zero-order valence-corrected chi connectivity index (χ0v) is 17.4. The van der Waals surface area contributed by atoms with E-state index in [1.807, 2.05) is 4.72 Å². The molecule has 0 bridgehead atoms. The Bertz CT molecular complexity index is 1020. The van der Waals surface area contributed by atoms with Gasteiger partial charge in [0, 0.05) is 17.7 Å². The predicted octanol–water partition coefficient (Wildman–Crippen LogP) is 2.48. The quantitative estimate of drug-likeness (QED) is 0.391. The highest BCUT2D eigenvalue weighted by atomic mass is 35.5. The van der Waals surface area contributed by atoms with Gasteiger partial charge >= 0.3 is 6.09 Å². The third-order valence-electron chi connectivity index (χ3n) is 3.64. The van der Waals surface area contributed by atoms with Gasteiger partial charge in [-0.15, -0.1) is 0 Å². The molecule has 0 saturated heterocycles. The first-order valence-electron chi connectivity index (χ1n) is 8.43. The van der Waals surface area contributed by atoms with Gasteiger partial charge in [-0.05, 0) is 48.0 Å². The Morgan fingerprint density at radius 3 is 2.30 bits per heavy atom. The maximum atomic E-state index is 12.6. The molecule has 2 aromatic rings. The van der Waals surface area contributed by atoms with Crippen LogP contribution in [0.1, 0.15) is 5.56 Å². The summed E-state index contributed by atoms with van der Waals surface area (Å²) in [5.74, 6) is -0.451. The summed E-state index contributed by atoms with van der Waals surface area (Å²) in [5.41, 5.74) is 0.418. The third-order valence-corrected chi connectivity index (χ3v) is 5.24. The van der Waals surface area contributed by atoms with Gasteiger partial charge < -0.3 is 19.9 Å². The molecule has 0 aliphatic carbocycles. The second-order valence-electron chi connectivity index (χ2n) is 5.84. The number of methoxy groups -OCH3 is 1. The van der Waals surface area contributed by atoms with Crippen molar-refractivity contribution in [2.24, 2.45) is 0 Å². The Kier molecular flexibility index (Phi) is 8.22. The number of carbonyl (C=O) groups excluding carboxylic acids is 1. The zero-order valence-electron chi connectivity index (χ0n) is 15.8. The number of amides is 2. The van der Waals surface area contributed by atoms with E-state index in [-0.39, 0.29) is 17.3 Å². The SMILES string of the molecule is COCOc1ccc(/C=C(\CNC(=O)O)C(=O)NS(=O)(=O)c2ccc(Cl)cc2)cc1. The van der Waals surface area contributed by atoms with Crippen LogP contribution in [0.25, 0.3) is 6.08 Å². The topological polar surface area (TPSA) is 131 Å². The number of carbonyl (C=O) groups is 2. The Morgan fingerprint density at radius 1 is 1.10 bits per heavy atom. The summed E-state index contributed by atoms with van der Waals surface area (Å²) in [6.45, 7) is -0.340. The van der Waals surface area contributed by atoms with Crippen LogP contribution in [0, 0.1) is 0 Å². The van der Waals surface area contributed by atoms with Gasteiger partial charge in [0.25, 0.3) is 15.9 Å². The summed E-state index contributed by atoms with van der Waals surface area (Å²) in [5, 5.41) is 11.2. The lowest BCUT2D eigenvalue weighted by molar-refractivity contribution is -0.115. The number of hydrogen-bond acceptors (Lipinski definition) is 6. The molecule has 2 amide bonds. The summed E-state index contributed by atoms with van der Waals surface area (Å²) in [4.78, 5) is 23.2. The highest BCUT2D eigenvalue weighted by Crippen LogP contribution is 2.16. The van der Waals surface area contributed by atoms with Crippen LogP contribution in [0.15, 0.2) is 59.0 Å². The number of rotatable bonds is 9. The molecule has 0 unspecified atom stereocenters. The maximum absolute atomic E-state index is 12.6. The molecule has 0 atom stereocenters. The Labute approximate surface area is 178 Å². The molecule has 0 aliphatic rings. The Morgan fingerprint density at radius 2 is 1.73 bits per heavy atom. The zero-order chi connectivity index (χ0) is 22.1. The van der Waals surface area contributed by atoms with Crippen molar-refractivity contribution in [2.75, 3.05) is 20.4 Å². The van der Waals surface area contributed by atoms with E-state index in [0.29, 0.717) is 16.3 Å². The fourth-order valence-corrected chi connectivity index (χ4v) is 3.33. The van der Waals surface area contributed by atoms with Crippen LogP contribution in [0.2, 0.25) is 5.02 Å². The van der Waals surface area contributed by atoms with Crippen molar-refractivity contribution in [1.82, 2.24) is 10.0 Å². The second-order valence-corrected chi connectivity index (χ2v) is 7.96. The van der Waals surface area contributed by atoms with Crippen LogP contribution in [0.3, 0.4) is 0 Å². The number of ether oxygens (including phenoxy) is 2. The van der Waals surface area contributed by atoms with E-state index in [1.54, 1.807) is 24.3 Å². The lowest BCUT2D eigenvalue weighted by Gasteiger charge is -2.11. The van der Waals surface area contributed by atoms with E-state index < -0.39 is 28.6 Å². The van der Waals surface area contributed by atoms with Crippen LogP contribution in [-0.2, 0) is 19.6 Å². The summed E-state index contributed by atoms with van der Waals surface area (Å²) < 4.78 is 36.8. The lowest BCUT2D eigenvalue weighted by atomic mass is 10.1. The second kappa shape index (κ2) is 10.6. The van der Waals surface area contributed by atoms with Crippen molar-refractivity contribution in [1.29, 1.82) is 0 Å². The van der Waals surface area contributed by atoms with Gasteiger partial charge in [0.15, 0.2) is 6.79 Å². The number of halogens is 1. The summed E-state index contributed by atoms with van der Waals surface area (Å²) in [7, 11) is -2.70. The monoisotopic (exact) mass is 454 g/mol. The molecule has 0 aromatic heterocycles. The van der Waals surface area contributed by atoms with Gasteiger partial charge in [0.05, 0.1) is 11.4 Å². The van der Waals surface area contributed by atoms with Crippen molar-refractivity contribution >= 4 is 39.7 Å². The molecule has 0 spiro atoms. The third kappa shape index (κ3) is 7.07. The molecular weight excluding hydrogens is 436 g/mol. The summed E-state index contributed by atoms with van der Waals surface area (Å²) in [6.07, 6.45) is 0.000485. The first-order valence-corrected chi connectivity index (χ1v) is 10.3. The summed E-state index contributed by atoms with van der Waals surface area (Å²) in [6, 6.07) is 11.7. The smallest absolute Gasteiger partial charge is 0.404 e. The number of hydrogen-bond donors (Lipinski definition) is 3. The molecule has 0 radical (unpaired) electrons. The normalized spacial score (nSPS) is 11.6. The van der Waals surface area contributed by atoms with Gasteiger partial charge in [-0.1, -0.05) is 23.7 Å². The summed E-state index contributed by atoms with van der Waals surface area (Å²) >= 11 is 5.75. The van der Waals surface area contributed by atoms with E-state index in [0.717, 1.165) is 0 Å². The molecule has 2 rings (SSSR count). The van der Waals surface area contributed by atoms with Crippen LogP contribution in [0.4, 0.5) is 4.79 Å². The van der Waals surface area contributed by atoms with Crippen molar-refractivity contribution in [3.05, 3.63) is 64.7 Å². The number of sulfonamides is 1. The first kappa shape index (κ1) is 23.2. The Hall–Kier alpha value is -3.08. The van der Waals surface area contributed by atoms with Gasteiger partial charge in [0.2, 0.25) is 0 Å². The average Bonchev–Trinajstić information content (AvgIpc) is 2.70. The van der Waals surface area contributed by atoms with Crippen molar-refractivity contribution < 1.29 is 32.6 Å². The van der Waals surface area contributed by atoms with Crippen LogP contribution in [0.5, 0.6) is 5.75 Å². The minimum Gasteiger partial charge on any atom is -0.468 e. The molecule has 160 valence electrons. The van der Waals surface area contributed by atoms with Crippen LogP contribution in [-0.4, -0.2) is 46.0 Å². The van der Waals surface area contributed by atoms with E-state index in [9.17, 15) is 18.0 Å². The van der Waals surface area contributed by atoms with E-state index >= 15 is 0 Å². The molecule has 0 aliphatic heterocycles. The highest BCUT2D eigenvalue weighted by Gasteiger charge is 2.20. The standard InChI is InChI=1S/C19H19ClN2O7S/c1-28-12-29-16-6-2-13(3-7-16)10-14(11-21-19(24)25)18(23)22-30(26,27)17-8-4-15(20)5-9-17/h2-10,21H,11-12H2,1H3,(H,22,23)(H,24,25)/b14-10+. The van der Waals surface area contributed by atoms with Crippen LogP contribution >= 0.6 is 11.6 Å². The average molecular weight is 455 g/mol. The van der Waals surface area contributed by atoms with E-state index in [1.165, 1.54) is 37.5 Å². The van der Waals surface area contributed by atoms with Gasteiger partial charge in [-0.2, -0.15) is 0 Å². The minimum atomic E-state index is -4.18. The molecule has 30 heavy (non-hydrogen) atoms. The van der Waals surface area contributed by atoms with Crippen molar-refractivity contribution in [3.63, 3.8) is 0 Å². The number of carboxylic acid groups (broad SMARTS) is 1. The molecule has 0 fully saturated rings. The van der Waals surface area contributed by atoms with E-state index in [2.05, 4.69) is 5.32 Å². The molecule has 11 heteroatoms. The number of nitrogens with one attached hydrogen (secondary N) is 2. The molecule has 0 saturated carbocycles. The highest BCUT2D eigenvalue weighted by molar-refractivity contribution is 7.90. The van der Waals surface area contributed by atoms with Gasteiger partial charge in [-0.25, -0.2) is 17.9 Å². The van der Waals surface area contributed by atoms with E-state index in [4.69, 9.17) is 26.2 Å². The van der Waals surface area contributed by atoms with Crippen LogP contribution < -0.4 is 14.8 Å². The molecule has 0 heterocycles. The predicted molar refractivity (Wildman–Crippen MR) is 110 cm³/mol. The fraction of sp³-hybridized carbons (Fsp3) is 0.158. The minimum absolute atomic E-state index is 0.0634. The lowest BCUT2D eigenvalue weighted by Crippen LogP contribution is -2.35. The Balaban J connectivity index is 2.24. The largest absolute Gasteiger partial charge is 0.468 e. The van der Waals surface area contributed by atoms with Gasteiger partial charge in [0.1, 0.15) is 5.75 Å². The molecule has 3 N–H and O–H groups in total.